The standard InChI is InChI=1S/C20H28ClNO3Si/c1-20(2,3)26(4,5)22-17(16(18(22)23)12-9-13-21)19(24)25-14-15-10-7-6-8-11-15/h6-11,13,16-17H,12,14H2,1-5H3/b13-9+/t16-,17+/m1/s1. The minimum absolute atomic E-state index is 0.0352. The van der Waals surface area contributed by atoms with E-state index in [1.807, 2.05) is 34.9 Å². The number of nitrogens with zero attached hydrogens (tertiary/aromatic N) is 1. The maximum Gasteiger partial charge on any atom is 0.329 e. The first-order valence-electron chi connectivity index (χ1n) is 8.90. The van der Waals surface area contributed by atoms with Crippen LogP contribution >= 0.6 is 11.6 Å². The molecule has 0 N–H and O–H groups in total. The molecule has 0 aromatic heterocycles. The summed E-state index contributed by atoms with van der Waals surface area (Å²) in [6.07, 6.45) is 2.18. The van der Waals surface area contributed by atoms with Gasteiger partial charge in [0.2, 0.25) is 5.91 Å². The number of allylic oxidation sites excluding steroid dienone is 1. The Kier molecular flexibility index (Phi) is 6.35. The maximum absolute atomic E-state index is 12.9. The van der Waals surface area contributed by atoms with Gasteiger partial charge in [0.05, 0.1) is 5.92 Å². The van der Waals surface area contributed by atoms with Crippen molar-refractivity contribution in [3.63, 3.8) is 0 Å². The molecule has 4 nitrogen and oxygen atoms in total. The summed E-state index contributed by atoms with van der Waals surface area (Å²) in [5.74, 6) is -0.679. The second-order valence-electron chi connectivity index (χ2n) is 8.26. The molecule has 2 atom stereocenters. The lowest BCUT2D eigenvalue weighted by molar-refractivity contribution is -0.168. The summed E-state index contributed by atoms with van der Waals surface area (Å²) in [6, 6.07) is 9.04. The number of ether oxygens (including phenoxy) is 1. The fourth-order valence-corrected chi connectivity index (χ4v) is 5.57. The molecule has 1 aromatic carbocycles. The van der Waals surface area contributed by atoms with Crippen molar-refractivity contribution in [2.45, 2.75) is 58.0 Å². The largest absolute Gasteiger partial charge is 0.459 e. The van der Waals surface area contributed by atoms with Crippen LogP contribution < -0.4 is 0 Å². The highest BCUT2D eigenvalue weighted by Gasteiger charge is 2.59. The molecule has 0 unspecified atom stereocenters. The minimum atomic E-state index is -2.17. The molecule has 1 saturated heterocycles. The molecule has 26 heavy (non-hydrogen) atoms. The van der Waals surface area contributed by atoms with Crippen LogP contribution in [0.4, 0.5) is 0 Å². The van der Waals surface area contributed by atoms with Crippen molar-refractivity contribution in [3.05, 3.63) is 47.5 Å². The second-order valence-corrected chi connectivity index (χ2v) is 13.6. The van der Waals surface area contributed by atoms with Crippen LogP contribution in [0.3, 0.4) is 0 Å². The smallest absolute Gasteiger partial charge is 0.329 e. The number of amides is 1. The van der Waals surface area contributed by atoms with E-state index in [1.165, 1.54) is 5.54 Å². The second kappa shape index (κ2) is 7.97. The van der Waals surface area contributed by atoms with Gasteiger partial charge >= 0.3 is 5.97 Å². The van der Waals surface area contributed by atoms with E-state index in [9.17, 15) is 9.59 Å². The number of carbonyl (C=O) groups excluding carboxylic acids is 2. The Morgan fingerprint density at radius 2 is 1.88 bits per heavy atom. The van der Waals surface area contributed by atoms with Gasteiger partial charge < -0.3 is 9.30 Å². The SMILES string of the molecule is CC(C)(C)[Si](C)(C)N1C(=O)[C@H](C/C=C/Cl)[C@H]1C(=O)OCc1ccccc1. The highest BCUT2D eigenvalue weighted by Crippen LogP contribution is 2.45. The number of esters is 1. The first-order valence-corrected chi connectivity index (χ1v) is 12.3. The Labute approximate surface area is 162 Å². The minimum Gasteiger partial charge on any atom is -0.459 e. The normalized spacial score (nSPS) is 21.0. The van der Waals surface area contributed by atoms with Crippen molar-refractivity contribution in [1.29, 1.82) is 0 Å². The number of halogens is 1. The zero-order valence-corrected chi connectivity index (χ0v) is 17.9. The molecule has 0 aliphatic carbocycles. The summed E-state index contributed by atoms with van der Waals surface area (Å²) in [4.78, 5) is 25.7. The van der Waals surface area contributed by atoms with Crippen molar-refractivity contribution in [3.8, 4) is 0 Å². The number of β-lactam (4-membered cyclic amide) rings is 1. The van der Waals surface area contributed by atoms with Gasteiger partial charge in [-0.05, 0) is 17.0 Å². The summed E-state index contributed by atoms with van der Waals surface area (Å²) in [6.45, 7) is 10.9. The Morgan fingerprint density at radius 3 is 2.42 bits per heavy atom. The van der Waals surface area contributed by atoms with E-state index >= 15 is 0 Å². The third-order valence-electron chi connectivity index (χ3n) is 5.60. The highest BCUT2D eigenvalue weighted by atomic mass is 35.5. The fraction of sp³-hybridized carbons (Fsp3) is 0.500. The summed E-state index contributed by atoms with van der Waals surface area (Å²) < 4.78 is 7.39. The molecule has 0 spiro atoms. The van der Waals surface area contributed by atoms with Crippen LogP contribution in [0.5, 0.6) is 0 Å². The Bertz CT molecular complexity index is 682. The van der Waals surface area contributed by atoms with Gasteiger partial charge in [0.1, 0.15) is 12.6 Å². The number of carbonyl (C=O) groups is 2. The third kappa shape index (κ3) is 4.04. The molecule has 1 fully saturated rings. The van der Waals surface area contributed by atoms with Crippen LogP contribution in [0.2, 0.25) is 18.1 Å². The Morgan fingerprint density at radius 1 is 1.27 bits per heavy atom. The molecule has 0 saturated carbocycles. The van der Waals surface area contributed by atoms with Gasteiger partial charge in [0, 0.05) is 5.54 Å². The Balaban J connectivity index is 2.20. The van der Waals surface area contributed by atoms with Gasteiger partial charge in [0.15, 0.2) is 8.24 Å². The molecule has 1 aliphatic heterocycles. The molecule has 1 heterocycles. The van der Waals surface area contributed by atoms with Crippen LogP contribution in [-0.4, -0.2) is 30.7 Å². The number of hydrogen-bond donors (Lipinski definition) is 0. The molecule has 142 valence electrons. The van der Waals surface area contributed by atoms with Crippen molar-refractivity contribution >= 4 is 31.7 Å². The molecular formula is C20H28ClNO3Si. The first kappa shape index (κ1) is 20.7. The molecule has 0 radical (unpaired) electrons. The number of benzene rings is 1. The van der Waals surface area contributed by atoms with Gasteiger partial charge in [-0.1, -0.05) is 81.9 Å². The van der Waals surface area contributed by atoms with Crippen LogP contribution in [0.15, 0.2) is 41.9 Å². The van der Waals surface area contributed by atoms with Crippen molar-refractivity contribution < 1.29 is 14.3 Å². The number of hydrogen-bond acceptors (Lipinski definition) is 3. The van der Waals surface area contributed by atoms with Crippen molar-refractivity contribution in [2.24, 2.45) is 5.92 Å². The van der Waals surface area contributed by atoms with E-state index in [2.05, 4.69) is 33.9 Å². The zero-order chi connectivity index (χ0) is 19.5. The summed E-state index contributed by atoms with van der Waals surface area (Å²) in [5.41, 5.74) is 2.33. The Hall–Kier alpha value is -1.59. The molecule has 2 rings (SSSR count). The van der Waals surface area contributed by atoms with E-state index in [0.717, 1.165) is 5.56 Å². The molecule has 1 amide bonds. The van der Waals surface area contributed by atoms with E-state index in [1.54, 1.807) is 6.08 Å². The first-order chi connectivity index (χ1) is 12.1. The van der Waals surface area contributed by atoms with Gasteiger partial charge in [-0.3, -0.25) is 4.79 Å². The summed E-state index contributed by atoms with van der Waals surface area (Å²) in [7, 11) is -2.17. The van der Waals surface area contributed by atoms with Gasteiger partial charge in [-0.2, -0.15) is 0 Å². The predicted molar refractivity (Wildman–Crippen MR) is 107 cm³/mol. The topological polar surface area (TPSA) is 46.6 Å². The van der Waals surface area contributed by atoms with Gasteiger partial charge in [-0.25, -0.2) is 4.79 Å². The average molecular weight is 394 g/mol. The monoisotopic (exact) mass is 393 g/mol. The molecule has 0 bridgehead atoms. The van der Waals surface area contributed by atoms with Crippen LogP contribution in [0.25, 0.3) is 0 Å². The van der Waals surface area contributed by atoms with E-state index in [-0.39, 0.29) is 29.4 Å². The lowest BCUT2D eigenvalue weighted by atomic mass is 9.87. The predicted octanol–water partition coefficient (Wildman–Crippen LogP) is 4.70. The van der Waals surface area contributed by atoms with E-state index in [4.69, 9.17) is 16.3 Å². The highest BCUT2D eigenvalue weighted by molar-refractivity contribution is 6.80. The summed E-state index contributed by atoms with van der Waals surface area (Å²) >= 11 is 5.63. The molecule has 1 aliphatic rings. The summed E-state index contributed by atoms with van der Waals surface area (Å²) in [5, 5.41) is -0.0477. The lowest BCUT2D eigenvalue weighted by Gasteiger charge is -2.57. The molecule has 6 heteroatoms. The van der Waals surface area contributed by atoms with E-state index in [0.29, 0.717) is 6.42 Å². The van der Waals surface area contributed by atoms with Crippen molar-refractivity contribution in [2.75, 3.05) is 0 Å². The lowest BCUT2D eigenvalue weighted by Crippen LogP contribution is -2.74. The van der Waals surface area contributed by atoms with Gasteiger partial charge in [0.25, 0.3) is 0 Å². The quantitative estimate of drug-likeness (QED) is 0.399. The van der Waals surface area contributed by atoms with E-state index < -0.39 is 14.3 Å². The fourth-order valence-electron chi connectivity index (χ4n) is 3.04. The average Bonchev–Trinajstić information content (AvgIpc) is 2.57. The van der Waals surface area contributed by atoms with Crippen molar-refractivity contribution in [1.82, 2.24) is 4.57 Å². The van der Waals surface area contributed by atoms with Crippen LogP contribution in [0, 0.1) is 5.92 Å². The maximum atomic E-state index is 12.9. The molecule has 1 aromatic rings. The van der Waals surface area contributed by atoms with Crippen LogP contribution in [0.1, 0.15) is 32.8 Å². The third-order valence-corrected chi connectivity index (χ3v) is 11.1. The molecular weight excluding hydrogens is 366 g/mol. The zero-order valence-electron chi connectivity index (χ0n) is 16.2. The number of rotatable bonds is 6. The van der Waals surface area contributed by atoms with Gasteiger partial charge in [-0.15, -0.1) is 0 Å². The van der Waals surface area contributed by atoms with Crippen LogP contribution in [-0.2, 0) is 20.9 Å².